The van der Waals surface area contributed by atoms with Crippen LogP contribution in [0.3, 0.4) is 0 Å². The highest BCUT2D eigenvalue weighted by molar-refractivity contribution is 7.89. The van der Waals surface area contributed by atoms with Crippen molar-refractivity contribution < 1.29 is 18.0 Å². The highest BCUT2D eigenvalue weighted by atomic mass is 32.2. The predicted octanol–water partition coefficient (Wildman–Crippen LogP) is 2.40. The average Bonchev–Trinajstić information content (AvgIpc) is 3.15. The van der Waals surface area contributed by atoms with Crippen LogP contribution in [0, 0.1) is 0 Å². The van der Waals surface area contributed by atoms with Gasteiger partial charge in [0.1, 0.15) is 0 Å². The highest BCUT2D eigenvalue weighted by Gasteiger charge is 2.32. The Morgan fingerprint density at radius 1 is 0.933 bits per heavy atom. The summed E-state index contributed by atoms with van der Waals surface area (Å²) in [6.07, 6.45) is 3.04. The molecule has 8 heteroatoms. The fourth-order valence-corrected chi connectivity index (χ4v) is 5.48. The number of nitrogens with one attached hydrogen (secondary N) is 1. The largest absolute Gasteiger partial charge is 0.347 e. The Morgan fingerprint density at radius 3 is 2.27 bits per heavy atom. The molecule has 1 N–H and O–H groups in total. The lowest BCUT2D eigenvalue weighted by atomic mass is 10.2. The summed E-state index contributed by atoms with van der Waals surface area (Å²) in [6, 6.07) is 15.1. The summed E-state index contributed by atoms with van der Waals surface area (Å²) in [4.78, 5) is 26.8. The molecule has 2 amide bonds. The molecule has 0 radical (unpaired) electrons. The Bertz CT molecular complexity index is 1020. The van der Waals surface area contributed by atoms with Crippen LogP contribution in [0.2, 0.25) is 0 Å². The normalized spacial score (nSPS) is 20.3. The van der Waals surface area contributed by atoms with Gasteiger partial charge in [-0.25, -0.2) is 8.42 Å². The van der Waals surface area contributed by atoms with Gasteiger partial charge in [0.2, 0.25) is 15.9 Å². The lowest BCUT2D eigenvalue weighted by molar-refractivity contribution is -0.117. The SMILES string of the molecule is O=C(N[C@H]1CC(=O)N(c2ccccc2)C1)c1ccc(S(=O)(=O)N2CCCCC2)cc1. The molecular formula is C22H25N3O4S. The second kappa shape index (κ2) is 8.57. The van der Waals surface area contributed by atoms with Gasteiger partial charge in [0, 0.05) is 37.3 Å². The van der Waals surface area contributed by atoms with E-state index in [-0.39, 0.29) is 29.2 Å². The van der Waals surface area contributed by atoms with Crippen LogP contribution in [0.1, 0.15) is 36.0 Å². The van der Waals surface area contributed by atoms with Crippen LogP contribution >= 0.6 is 0 Å². The third-order valence-corrected chi connectivity index (χ3v) is 7.51. The minimum absolute atomic E-state index is 0.0329. The predicted molar refractivity (Wildman–Crippen MR) is 114 cm³/mol. The number of anilines is 1. The van der Waals surface area contributed by atoms with E-state index in [1.807, 2.05) is 30.3 Å². The number of hydrogen-bond acceptors (Lipinski definition) is 4. The second-order valence-corrected chi connectivity index (χ2v) is 9.64. The van der Waals surface area contributed by atoms with Gasteiger partial charge in [-0.05, 0) is 49.2 Å². The van der Waals surface area contributed by atoms with E-state index < -0.39 is 10.0 Å². The van der Waals surface area contributed by atoms with Crippen LogP contribution < -0.4 is 10.2 Å². The Morgan fingerprint density at radius 2 is 1.60 bits per heavy atom. The molecule has 2 aromatic rings. The summed E-state index contributed by atoms with van der Waals surface area (Å²) in [5.74, 6) is -0.348. The minimum atomic E-state index is -3.52. The summed E-state index contributed by atoms with van der Waals surface area (Å²) in [5.41, 5.74) is 1.18. The monoisotopic (exact) mass is 427 g/mol. The number of carbonyl (C=O) groups excluding carboxylic acids is 2. The van der Waals surface area contributed by atoms with Crippen LogP contribution in [-0.2, 0) is 14.8 Å². The zero-order valence-electron chi connectivity index (χ0n) is 16.7. The van der Waals surface area contributed by atoms with Crippen molar-refractivity contribution in [1.82, 2.24) is 9.62 Å². The number of rotatable bonds is 5. The van der Waals surface area contributed by atoms with Gasteiger partial charge >= 0.3 is 0 Å². The summed E-state index contributed by atoms with van der Waals surface area (Å²) in [7, 11) is -3.52. The summed E-state index contributed by atoms with van der Waals surface area (Å²) < 4.78 is 27.0. The van der Waals surface area contributed by atoms with Crippen molar-refractivity contribution in [2.45, 2.75) is 36.6 Å². The van der Waals surface area contributed by atoms with Crippen molar-refractivity contribution in [2.24, 2.45) is 0 Å². The van der Waals surface area contributed by atoms with Gasteiger partial charge in [-0.15, -0.1) is 0 Å². The molecule has 0 unspecified atom stereocenters. The summed E-state index contributed by atoms with van der Waals surface area (Å²) in [6.45, 7) is 1.49. The minimum Gasteiger partial charge on any atom is -0.347 e. The van der Waals surface area contributed by atoms with Crippen molar-refractivity contribution in [3.05, 3.63) is 60.2 Å². The van der Waals surface area contributed by atoms with Crippen molar-refractivity contribution in [2.75, 3.05) is 24.5 Å². The highest BCUT2D eigenvalue weighted by Crippen LogP contribution is 2.23. The van der Waals surface area contributed by atoms with Crippen molar-refractivity contribution >= 4 is 27.5 Å². The molecule has 2 aliphatic heterocycles. The van der Waals surface area contributed by atoms with E-state index >= 15 is 0 Å². The second-order valence-electron chi connectivity index (χ2n) is 7.70. The number of amides is 2. The Labute approximate surface area is 176 Å². The van der Waals surface area contributed by atoms with E-state index in [1.54, 1.807) is 4.90 Å². The average molecular weight is 428 g/mol. The van der Waals surface area contributed by atoms with E-state index in [0.29, 0.717) is 25.2 Å². The van der Waals surface area contributed by atoms with E-state index in [1.165, 1.54) is 28.6 Å². The lowest BCUT2D eigenvalue weighted by Gasteiger charge is -2.25. The first-order chi connectivity index (χ1) is 14.4. The van der Waals surface area contributed by atoms with E-state index in [0.717, 1.165) is 24.9 Å². The first-order valence-corrected chi connectivity index (χ1v) is 11.7. The fourth-order valence-electron chi connectivity index (χ4n) is 3.96. The molecule has 2 saturated heterocycles. The number of hydrogen-bond donors (Lipinski definition) is 1. The smallest absolute Gasteiger partial charge is 0.251 e. The third kappa shape index (κ3) is 4.24. The van der Waals surface area contributed by atoms with Crippen LogP contribution in [0.15, 0.2) is 59.5 Å². The topological polar surface area (TPSA) is 86.8 Å². The number of carbonyl (C=O) groups is 2. The molecule has 2 aromatic carbocycles. The first-order valence-electron chi connectivity index (χ1n) is 10.2. The Balaban J connectivity index is 1.40. The molecule has 0 aromatic heterocycles. The summed E-state index contributed by atoms with van der Waals surface area (Å²) >= 11 is 0. The maximum absolute atomic E-state index is 12.7. The molecular weight excluding hydrogens is 402 g/mol. The number of para-hydroxylation sites is 1. The van der Waals surface area contributed by atoms with Gasteiger partial charge < -0.3 is 10.2 Å². The molecule has 4 rings (SSSR count). The number of nitrogens with zero attached hydrogens (tertiary/aromatic N) is 2. The molecule has 1 atom stereocenters. The quantitative estimate of drug-likeness (QED) is 0.794. The molecule has 0 spiro atoms. The first kappa shape index (κ1) is 20.6. The molecule has 2 aliphatic rings. The molecule has 2 fully saturated rings. The van der Waals surface area contributed by atoms with Gasteiger partial charge in [0.15, 0.2) is 0 Å². The molecule has 30 heavy (non-hydrogen) atoms. The van der Waals surface area contributed by atoms with Crippen molar-refractivity contribution in [3.63, 3.8) is 0 Å². The van der Waals surface area contributed by atoms with Gasteiger partial charge in [-0.2, -0.15) is 4.31 Å². The Hall–Kier alpha value is -2.71. The van der Waals surface area contributed by atoms with Gasteiger partial charge in [-0.3, -0.25) is 9.59 Å². The zero-order chi connectivity index (χ0) is 21.1. The van der Waals surface area contributed by atoms with E-state index in [4.69, 9.17) is 0 Å². The number of sulfonamides is 1. The number of piperidine rings is 1. The Kier molecular flexibility index (Phi) is 5.87. The molecule has 7 nitrogen and oxygen atoms in total. The van der Waals surface area contributed by atoms with Crippen molar-refractivity contribution in [3.8, 4) is 0 Å². The fraction of sp³-hybridized carbons (Fsp3) is 0.364. The van der Waals surface area contributed by atoms with Crippen LogP contribution in [-0.4, -0.2) is 50.2 Å². The van der Waals surface area contributed by atoms with Crippen LogP contribution in [0.4, 0.5) is 5.69 Å². The molecule has 0 saturated carbocycles. The molecule has 158 valence electrons. The van der Waals surface area contributed by atoms with Crippen LogP contribution in [0.5, 0.6) is 0 Å². The maximum atomic E-state index is 12.7. The van der Waals surface area contributed by atoms with Gasteiger partial charge in [-0.1, -0.05) is 24.6 Å². The molecule has 2 heterocycles. The summed E-state index contributed by atoms with van der Waals surface area (Å²) in [5, 5.41) is 2.89. The zero-order valence-corrected chi connectivity index (χ0v) is 17.5. The van der Waals surface area contributed by atoms with E-state index in [2.05, 4.69) is 5.32 Å². The third-order valence-electron chi connectivity index (χ3n) is 5.60. The number of benzene rings is 2. The van der Waals surface area contributed by atoms with Gasteiger partial charge in [0.05, 0.1) is 10.9 Å². The van der Waals surface area contributed by atoms with E-state index in [9.17, 15) is 18.0 Å². The van der Waals surface area contributed by atoms with Gasteiger partial charge in [0.25, 0.3) is 5.91 Å². The standard InChI is InChI=1S/C22H25N3O4S/c26-21-15-18(16-25(21)19-7-3-1-4-8-19)23-22(27)17-9-11-20(12-10-17)30(28,29)24-13-5-2-6-14-24/h1,3-4,7-12,18H,2,5-6,13-16H2,(H,23,27)/t18-/m0/s1. The molecule has 0 bridgehead atoms. The molecule has 0 aliphatic carbocycles. The van der Waals surface area contributed by atoms with Crippen molar-refractivity contribution in [1.29, 1.82) is 0 Å². The maximum Gasteiger partial charge on any atom is 0.251 e. The lowest BCUT2D eigenvalue weighted by Crippen LogP contribution is -2.37. The van der Waals surface area contributed by atoms with Crippen LogP contribution in [0.25, 0.3) is 0 Å².